The second kappa shape index (κ2) is 4.84. The molecule has 2 heterocycles. The summed E-state index contributed by atoms with van der Waals surface area (Å²) in [6.45, 7) is 5.47. The number of rotatable bonds is 2. The molecule has 1 saturated heterocycles. The van der Waals surface area contributed by atoms with Crippen LogP contribution < -0.4 is 5.73 Å². The third kappa shape index (κ3) is 2.30. The van der Waals surface area contributed by atoms with Gasteiger partial charge in [-0.2, -0.15) is 0 Å². The molecule has 1 fully saturated rings. The van der Waals surface area contributed by atoms with Gasteiger partial charge in [-0.3, -0.25) is 4.90 Å². The molecule has 0 saturated carbocycles. The summed E-state index contributed by atoms with van der Waals surface area (Å²) in [6.07, 6.45) is 0. The number of likely N-dealkylation sites (N-methyl/N-ethyl adjacent to an activating group) is 2. The Morgan fingerprint density at radius 1 is 1.44 bits per heavy atom. The first-order chi connectivity index (χ1) is 7.59. The quantitative estimate of drug-likeness (QED) is 0.844. The van der Waals surface area contributed by atoms with Crippen molar-refractivity contribution >= 4 is 11.3 Å². The number of nitrogens with zero attached hydrogens (tertiary/aromatic N) is 2. The summed E-state index contributed by atoms with van der Waals surface area (Å²) in [5, 5.41) is 2.14. The van der Waals surface area contributed by atoms with Gasteiger partial charge in [0.15, 0.2) is 0 Å². The number of nitrogens with two attached hydrogens (primary N) is 1. The molecule has 3 nitrogen and oxygen atoms in total. The zero-order valence-electron chi connectivity index (χ0n) is 10.3. The van der Waals surface area contributed by atoms with E-state index in [2.05, 4.69) is 42.3 Å². The van der Waals surface area contributed by atoms with E-state index in [1.165, 1.54) is 10.4 Å². The molecule has 2 rings (SSSR count). The first-order valence-electron chi connectivity index (χ1n) is 5.78. The standard InChI is InChI=1S/C12H21N3S/c1-9-10(4-7-16-9)12(13)11-8-14(2)5-6-15(11)3/h4,7,11-12H,5-6,8,13H2,1-3H3. The summed E-state index contributed by atoms with van der Waals surface area (Å²) in [4.78, 5) is 6.11. The fourth-order valence-corrected chi connectivity index (χ4v) is 3.14. The normalized spacial score (nSPS) is 25.9. The van der Waals surface area contributed by atoms with E-state index >= 15 is 0 Å². The Labute approximate surface area is 102 Å². The minimum atomic E-state index is 0.138. The third-order valence-corrected chi connectivity index (χ3v) is 4.43. The van der Waals surface area contributed by atoms with Gasteiger partial charge >= 0.3 is 0 Å². The summed E-state index contributed by atoms with van der Waals surface area (Å²) in [5.41, 5.74) is 7.72. The molecule has 0 amide bonds. The molecule has 0 spiro atoms. The first-order valence-corrected chi connectivity index (χ1v) is 6.66. The molecule has 1 aliphatic rings. The number of thiophene rings is 1. The fourth-order valence-electron chi connectivity index (χ4n) is 2.38. The maximum absolute atomic E-state index is 6.41. The zero-order chi connectivity index (χ0) is 11.7. The van der Waals surface area contributed by atoms with E-state index < -0.39 is 0 Å². The highest BCUT2D eigenvalue weighted by molar-refractivity contribution is 7.10. The predicted molar refractivity (Wildman–Crippen MR) is 69.9 cm³/mol. The lowest BCUT2D eigenvalue weighted by molar-refractivity contribution is 0.0974. The van der Waals surface area contributed by atoms with E-state index in [0.717, 1.165) is 19.6 Å². The monoisotopic (exact) mass is 239 g/mol. The van der Waals surface area contributed by atoms with Crippen LogP contribution in [0.2, 0.25) is 0 Å². The summed E-state index contributed by atoms with van der Waals surface area (Å²) in [6, 6.07) is 2.75. The molecule has 2 unspecified atom stereocenters. The van der Waals surface area contributed by atoms with Crippen molar-refractivity contribution < 1.29 is 0 Å². The number of hydrogen-bond acceptors (Lipinski definition) is 4. The molecule has 0 bridgehead atoms. The highest BCUT2D eigenvalue weighted by atomic mass is 32.1. The van der Waals surface area contributed by atoms with Gasteiger partial charge in [-0.1, -0.05) is 0 Å². The lowest BCUT2D eigenvalue weighted by Gasteiger charge is -2.40. The van der Waals surface area contributed by atoms with E-state index in [0.29, 0.717) is 6.04 Å². The molecule has 2 N–H and O–H groups in total. The maximum Gasteiger partial charge on any atom is 0.0476 e. The Balaban J connectivity index is 2.14. The van der Waals surface area contributed by atoms with Gasteiger partial charge in [0.05, 0.1) is 0 Å². The second-order valence-corrected chi connectivity index (χ2v) is 5.89. The Hall–Kier alpha value is -0.420. The van der Waals surface area contributed by atoms with Crippen LogP contribution in [0.15, 0.2) is 11.4 Å². The zero-order valence-corrected chi connectivity index (χ0v) is 11.1. The van der Waals surface area contributed by atoms with E-state index in [4.69, 9.17) is 5.73 Å². The molecular weight excluding hydrogens is 218 g/mol. The molecule has 0 aliphatic carbocycles. The van der Waals surface area contributed by atoms with Crippen LogP contribution in [0.5, 0.6) is 0 Å². The molecule has 2 atom stereocenters. The molecule has 0 radical (unpaired) electrons. The van der Waals surface area contributed by atoms with Crippen molar-refractivity contribution in [3.63, 3.8) is 0 Å². The largest absolute Gasteiger partial charge is 0.323 e. The van der Waals surface area contributed by atoms with Crippen molar-refractivity contribution in [3.8, 4) is 0 Å². The van der Waals surface area contributed by atoms with Crippen molar-refractivity contribution in [2.24, 2.45) is 5.73 Å². The van der Waals surface area contributed by atoms with Crippen LogP contribution in [-0.4, -0.2) is 49.6 Å². The van der Waals surface area contributed by atoms with Gasteiger partial charge < -0.3 is 10.6 Å². The molecule has 16 heavy (non-hydrogen) atoms. The van der Waals surface area contributed by atoms with Gasteiger partial charge in [-0.05, 0) is 38.0 Å². The van der Waals surface area contributed by atoms with Gasteiger partial charge in [0.25, 0.3) is 0 Å². The van der Waals surface area contributed by atoms with Gasteiger partial charge in [-0.15, -0.1) is 11.3 Å². The fraction of sp³-hybridized carbons (Fsp3) is 0.667. The van der Waals surface area contributed by atoms with Gasteiger partial charge in [0.2, 0.25) is 0 Å². The highest BCUT2D eigenvalue weighted by Crippen LogP contribution is 2.26. The smallest absolute Gasteiger partial charge is 0.0476 e. The van der Waals surface area contributed by atoms with E-state index in [-0.39, 0.29) is 6.04 Å². The second-order valence-electron chi connectivity index (χ2n) is 4.77. The van der Waals surface area contributed by atoms with Crippen LogP contribution in [-0.2, 0) is 0 Å². The Kier molecular flexibility index (Phi) is 3.64. The van der Waals surface area contributed by atoms with Crippen molar-refractivity contribution in [2.45, 2.75) is 19.0 Å². The maximum atomic E-state index is 6.41. The molecule has 90 valence electrons. The Morgan fingerprint density at radius 3 is 2.81 bits per heavy atom. The molecule has 4 heteroatoms. The summed E-state index contributed by atoms with van der Waals surface area (Å²) < 4.78 is 0. The summed E-state index contributed by atoms with van der Waals surface area (Å²) in [7, 11) is 4.35. The average Bonchev–Trinajstić information content (AvgIpc) is 2.67. The molecule has 1 aromatic heterocycles. The Bertz CT molecular complexity index is 350. The van der Waals surface area contributed by atoms with Crippen molar-refractivity contribution in [3.05, 3.63) is 21.9 Å². The van der Waals surface area contributed by atoms with E-state index in [1.54, 1.807) is 11.3 Å². The van der Waals surface area contributed by atoms with Crippen molar-refractivity contribution in [2.75, 3.05) is 33.7 Å². The minimum absolute atomic E-state index is 0.138. The van der Waals surface area contributed by atoms with Crippen molar-refractivity contribution in [1.82, 2.24) is 9.80 Å². The van der Waals surface area contributed by atoms with Crippen LogP contribution in [0.3, 0.4) is 0 Å². The van der Waals surface area contributed by atoms with E-state index in [9.17, 15) is 0 Å². The minimum Gasteiger partial charge on any atom is -0.323 e. The lowest BCUT2D eigenvalue weighted by atomic mass is 9.98. The van der Waals surface area contributed by atoms with Crippen LogP contribution >= 0.6 is 11.3 Å². The SMILES string of the molecule is Cc1sccc1C(N)C1CN(C)CCN1C. The van der Waals surface area contributed by atoms with Crippen LogP contribution in [0.1, 0.15) is 16.5 Å². The average molecular weight is 239 g/mol. The summed E-state index contributed by atoms with van der Waals surface area (Å²) >= 11 is 1.79. The van der Waals surface area contributed by atoms with E-state index in [1.807, 2.05) is 0 Å². The number of aryl methyl sites for hydroxylation is 1. The molecule has 1 aliphatic heterocycles. The van der Waals surface area contributed by atoms with Gasteiger partial charge in [-0.25, -0.2) is 0 Å². The molecular formula is C12H21N3S. The third-order valence-electron chi connectivity index (χ3n) is 3.57. The molecule has 0 aromatic carbocycles. The Morgan fingerprint density at radius 2 is 2.19 bits per heavy atom. The van der Waals surface area contributed by atoms with Gasteiger partial charge in [0.1, 0.15) is 0 Å². The van der Waals surface area contributed by atoms with Gasteiger partial charge in [0, 0.05) is 36.6 Å². The first kappa shape index (κ1) is 12.0. The van der Waals surface area contributed by atoms with Crippen molar-refractivity contribution in [1.29, 1.82) is 0 Å². The summed E-state index contributed by atoms with van der Waals surface area (Å²) in [5.74, 6) is 0. The molecule has 1 aromatic rings. The predicted octanol–water partition coefficient (Wildman–Crippen LogP) is 1.30. The highest BCUT2D eigenvalue weighted by Gasteiger charge is 2.29. The lowest BCUT2D eigenvalue weighted by Crippen LogP contribution is -2.54. The number of piperazine rings is 1. The van der Waals surface area contributed by atoms with Crippen LogP contribution in [0, 0.1) is 6.92 Å². The van der Waals surface area contributed by atoms with Crippen LogP contribution in [0.25, 0.3) is 0 Å². The topological polar surface area (TPSA) is 32.5 Å². The van der Waals surface area contributed by atoms with Crippen LogP contribution in [0.4, 0.5) is 0 Å². The number of hydrogen-bond donors (Lipinski definition) is 1.